The van der Waals surface area contributed by atoms with Crippen LogP contribution < -0.4 is 9.37 Å². The van der Waals surface area contributed by atoms with Gasteiger partial charge in [-0.1, -0.05) is 74.0 Å². The Bertz CT molecular complexity index is 1400. The molecule has 12 heteroatoms. The normalized spacial score (nSPS) is 12.7. The van der Waals surface area contributed by atoms with E-state index in [2.05, 4.69) is 22.6 Å². The van der Waals surface area contributed by atoms with Crippen LogP contribution in [0, 0.1) is 18.8 Å². The summed E-state index contributed by atoms with van der Waals surface area (Å²) in [5, 5.41) is 0.300. The third-order valence-corrected chi connectivity index (χ3v) is 9.71. The zero-order valence-electron chi connectivity index (χ0n) is 20.6. The minimum absolute atomic E-state index is 0.0319. The molecule has 2 aromatic rings. The molecule has 2 aromatic carbocycles. The average Bonchev–Trinajstić information content (AvgIpc) is 2.72. The Balaban J connectivity index is 2.70. The van der Waals surface area contributed by atoms with E-state index in [1.807, 2.05) is 0 Å². The minimum atomic E-state index is -6.00. The predicted octanol–water partition coefficient (Wildman–Crippen LogP) is 4.54. The first-order valence-electron chi connectivity index (χ1n) is 10.7. The van der Waals surface area contributed by atoms with Gasteiger partial charge in [-0.05, 0) is 36.7 Å². The highest BCUT2D eigenvalue weighted by Gasteiger charge is 2.49. The molecule has 2 rings (SSSR count). The van der Waals surface area contributed by atoms with Crippen LogP contribution in [-0.4, -0.2) is 41.3 Å². The summed E-state index contributed by atoms with van der Waals surface area (Å²) in [6.45, 7) is 11.7. The van der Waals surface area contributed by atoms with Gasteiger partial charge >= 0.3 is 15.6 Å². The molecule has 0 amide bonds. The molecule has 0 N–H and O–H groups in total. The van der Waals surface area contributed by atoms with E-state index in [0.29, 0.717) is 10.8 Å². The third kappa shape index (κ3) is 7.22. The Morgan fingerprint density at radius 3 is 2.14 bits per heavy atom. The molecule has 0 heterocycles. The molecule has 0 aliphatic heterocycles. The lowest BCUT2D eigenvalue weighted by Crippen LogP contribution is -2.41. The van der Waals surface area contributed by atoms with Crippen LogP contribution in [0.25, 0.3) is 0 Å². The van der Waals surface area contributed by atoms with Crippen molar-refractivity contribution >= 4 is 33.4 Å². The number of nitrogens with zero attached hydrogens (tertiary/aromatic N) is 1. The Hall–Kier alpha value is -2.59. The van der Waals surface area contributed by atoms with E-state index in [-0.39, 0.29) is 17.0 Å². The minimum Gasteiger partial charge on any atom is -0.376 e. The fourth-order valence-corrected chi connectivity index (χ4v) is 6.50. The zero-order chi connectivity index (χ0) is 27.5. The number of sulfonamides is 1. The molecule has 0 bridgehead atoms. The number of para-hydroxylation sites is 1. The van der Waals surface area contributed by atoms with Crippen LogP contribution in [0.4, 0.5) is 13.2 Å². The molecule has 36 heavy (non-hydrogen) atoms. The first-order valence-corrected chi connectivity index (χ1v) is 17.1. The van der Waals surface area contributed by atoms with Gasteiger partial charge in [0.1, 0.15) is 5.75 Å². The molecule has 0 aliphatic carbocycles. The highest BCUT2D eigenvalue weighted by molar-refractivity contribution is 7.89. The smallest absolute Gasteiger partial charge is 0.376 e. The van der Waals surface area contributed by atoms with Crippen molar-refractivity contribution in [2.24, 2.45) is 0 Å². The molecule has 0 unspecified atom stereocenters. The van der Waals surface area contributed by atoms with Crippen LogP contribution in [0.5, 0.6) is 5.75 Å². The Labute approximate surface area is 212 Å². The average molecular weight is 560 g/mol. The van der Waals surface area contributed by atoms with Gasteiger partial charge < -0.3 is 4.18 Å². The molecule has 196 valence electrons. The first-order chi connectivity index (χ1) is 16.4. The maximum Gasteiger partial charge on any atom is 0.534 e. The summed E-state index contributed by atoms with van der Waals surface area (Å²) >= 11 is 0. The number of benzene rings is 2. The number of alkyl halides is 3. The Morgan fingerprint density at radius 1 is 1.06 bits per heavy atom. The summed E-state index contributed by atoms with van der Waals surface area (Å²) in [5.41, 5.74) is -4.37. The van der Waals surface area contributed by atoms with Crippen molar-refractivity contribution in [1.82, 2.24) is 4.31 Å². The maximum atomic E-state index is 13.5. The summed E-state index contributed by atoms with van der Waals surface area (Å²) < 4.78 is 96.0. The van der Waals surface area contributed by atoms with Crippen molar-refractivity contribution in [1.29, 1.82) is 0 Å². The van der Waals surface area contributed by atoms with Gasteiger partial charge in [0.2, 0.25) is 10.0 Å². The van der Waals surface area contributed by atoms with Gasteiger partial charge in [-0.2, -0.15) is 25.9 Å². The van der Waals surface area contributed by atoms with Gasteiger partial charge in [0.15, 0.2) is 0 Å². The van der Waals surface area contributed by atoms with E-state index in [0.717, 1.165) is 9.87 Å². The zero-order valence-corrected chi connectivity index (χ0v) is 23.2. The summed E-state index contributed by atoms with van der Waals surface area (Å²) in [6.07, 6.45) is 0. The quantitative estimate of drug-likeness (QED) is 0.205. The second-order valence-corrected chi connectivity index (χ2v) is 17.7. The van der Waals surface area contributed by atoms with Gasteiger partial charge in [0, 0.05) is 12.1 Å². The van der Waals surface area contributed by atoms with E-state index in [4.69, 9.17) is 0 Å². The number of aryl methyl sites for hydroxylation is 1. The Morgan fingerprint density at radius 2 is 1.64 bits per heavy atom. The largest absolute Gasteiger partial charge is 0.534 e. The van der Waals surface area contributed by atoms with Crippen LogP contribution in [-0.2, 0) is 26.7 Å². The second kappa shape index (κ2) is 10.8. The number of hydrogen-bond donors (Lipinski definition) is 0. The summed E-state index contributed by atoms with van der Waals surface area (Å²) in [4.78, 5) is -0.0445. The number of allylic oxidation sites excluding steroid dienone is 1. The predicted molar refractivity (Wildman–Crippen MR) is 136 cm³/mol. The van der Waals surface area contributed by atoms with Crippen LogP contribution in [0.15, 0.2) is 59.5 Å². The van der Waals surface area contributed by atoms with Gasteiger partial charge in [-0.3, -0.25) is 0 Å². The van der Waals surface area contributed by atoms with Gasteiger partial charge in [-0.15, -0.1) is 0 Å². The van der Waals surface area contributed by atoms with E-state index in [9.17, 15) is 30.0 Å². The van der Waals surface area contributed by atoms with E-state index in [1.165, 1.54) is 30.3 Å². The number of rotatable bonds is 8. The molecule has 0 aromatic heterocycles. The van der Waals surface area contributed by atoms with E-state index >= 15 is 0 Å². The molecule has 0 radical (unpaired) electrons. The SMILES string of the molecule is C=C(C)C#CCN(Cc1cccc([Si](C)(C)C)c1OS(=O)(=O)C(F)(F)F)S(=O)(=O)c1ccc(C)cc1. The van der Waals surface area contributed by atoms with Crippen LogP contribution >= 0.6 is 0 Å². The number of hydrogen-bond acceptors (Lipinski definition) is 5. The van der Waals surface area contributed by atoms with Crippen LogP contribution in [0.2, 0.25) is 19.6 Å². The lowest BCUT2D eigenvalue weighted by Gasteiger charge is -2.26. The Kier molecular flexibility index (Phi) is 8.89. The van der Waals surface area contributed by atoms with Crippen molar-refractivity contribution in [3.8, 4) is 17.6 Å². The summed E-state index contributed by atoms with van der Waals surface area (Å²) in [6, 6.07) is 10.4. The molecule has 0 atom stereocenters. The molecule has 0 fully saturated rings. The van der Waals surface area contributed by atoms with Crippen LogP contribution in [0.3, 0.4) is 0 Å². The van der Waals surface area contributed by atoms with Gasteiger partial charge in [0.25, 0.3) is 0 Å². The maximum absolute atomic E-state index is 13.5. The van der Waals surface area contributed by atoms with Gasteiger partial charge in [0.05, 0.1) is 19.5 Å². The van der Waals surface area contributed by atoms with Crippen molar-refractivity contribution in [2.45, 2.75) is 50.4 Å². The second-order valence-electron chi connectivity index (χ2n) is 9.20. The van der Waals surface area contributed by atoms with Gasteiger partial charge in [-0.25, -0.2) is 8.42 Å². The lowest BCUT2D eigenvalue weighted by molar-refractivity contribution is -0.0500. The van der Waals surface area contributed by atoms with Crippen molar-refractivity contribution in [3.63, 3.8) is 0 Å². The molecule has 0 saturated heterocycles. The highest BCUT2D eigenvalue weighted by atomic mass is 32.2. The lowest BCUT2D eigenvalue weighted by atomic mass is 10.2. The summed E-state index contributed by atoms with van der Waals surface area (Å²) in [5.74, 6) is 4.87. The molecule has 6 nitrogen and oxygen atoms in total. The molecule has 0 aliphatic rings. The fourth-order valence-electron chi connectivity index (χ4n) is 3.11. The highest BCUT2D eigenvalue weighted by Crippen LogP contribution is 2.31. The van der Waals surface area contributed by atoms with Crippen molar-refractivity contribution in [3.05, 3.63) is 65.7 Å². The molecule has 0 spiro atoms. The van der Waals surface area contributed by atoms with E-state index in [1.54, 1.807) is 45.6 Å². The van der Waals surface area contributed by atoms with Crippen molar-refractivity contribution in [2.75, 3.05) is 6.54 Å². The van der Waals surface area contributed by atoms with Crippen LogP contribution in [0.1, 0.15) is 18.1 Å². The first kappa shape index (κ1) is 29.6. The third-order valence-electron chi connectivity index (χ3n) is 4.94. The molecular weight excluding hydrogens is 531 g/mol. The molecule has 0 saturated carbocycles. The monoisotopic (exact) mass is 559 g/mol. The standard InChI is InChI=1S/C24H28F3NO5S2Si/c1-18(2)9-8-16-28(34(29,30)21-14-12-19(3)13-15-21)17-20-10-7-11-22(36(4,5)6)23(20)33-35(31,32)24(25,26)27/h7,10-15H,1,16-17H2,2-6H3. The van der Waals surface area contributed by atoms with Crippen molar-refractivity contribution < 1.29 is 34.2 Å². The fraction of sp³-hybridized carbons (Fsp3) is 0.333. The molecular formula is C24H28F3NO5S2Si. The summed E-state index contributed by atoms with van der Waals surface area (Å²) in [7, 11) is -12.6. The topological polar surface area (TPSA) is 80.8 Å². The van der Waals surface area contributed by atoms with E-state index < -0.39 is 46.0 Å². The number of halogens is 3.